The Balaban J connectivity index is 1.44. The monoisotopic (exact) mass is 422 g/mol. The first-order chi connectivity index (χ1) is 15.0. The summed E-state index contributed by atoms with van der Waals surface area (Å²) in [6, 6.07) is 11.0. The van der Waals surface area contributed by atoms with E-state index in [0.29, 0.717) is 22.7 Å². The second kappa shape index (κ2) is 9.07. The molecule has 3 aromatic rings. The van der Waals surface area contributed by atoms with Crippen molar-refractivity contribution < 1.29 is 18.7 Å². The quantitative estimate of drug-likeness (QED) is 0.606. The van der Waals surface area contributed by atoms with Gasteiger partial charge in [-0.3, -0.25) is 9.59 Å². The van der Waals surface area contributed by atoms with Crippen LogP contribution in [0, 0.1) is 5.82 Å². The van der Waals surface area contributed by atoms with Crippen LogP contribution < -0.4 is 10.1 Å². The van der Waals surface area contributed by atoms with Crippen molar-refractivity contribution in [1.29, 1.82) is 0 Å². The fourth-order valence-electron chi connectivity index (χ4n) is 3.58. The number of halogens is 1. The number of fused-ring (bicyclic) bond motifs is 1. The number of ether oxygens (including phenoxy) is 1. The van der Waals surface area contributed by atoms with Gasteiger partial charge in [-0.25, -0.2) is 4.39 Å². The molecule has 0 atom stereocenters. The Morgan fingerprint density at radius 1 is 1.10 bits per heavy atom. The summed E-state index contributed by atoms with van der Waals surface area (Å²) in [6.45, 7) is 2.01. The number of anilines is 1. The zero-order chi connectivity index (χ0) is 21.8. The lowest BCUT2D eigenvalue weighted by Gasteiger charge is -2.11. The van der Waals surface area contributed by atoms with E-state index >= 15 is 0 Å². The Morgan fingerprint density at radius 3 is 2.68 bits per heavy atom. The number of hydrogen-bond acceptors (Lipinski definition) is 5. The van der Waals surface area contributed by atoms with E-state index in [1.54, 1.807) is 36.4 Å². The number of carbonyl (C=O) groups excluding carboxylic acids is 2. The summed E-state index contributed by atoms with van der Waals surface area (Å²) in [5.41, 5.74) is 1.31. The van der Waals surface area contributed by atoms with Gasteiger partial charge in [-0.1, -0.05) is 6.42 Å². The van der Waals surface area contributed by atoms with Crippen LogP contribution in [0.2, 0.25) is 0 Å². The molecule has 1 aliphatic rings. The van der Waals surface area contributed by atoms with Crippen molar-refractivity contribution >= 4 is 17.4 Å². The lowest BCUT2D eigenvalue weighted by molar-refractivity contribution is -0.118. The molecule has 7 nitrogen and oxygen atoms in total. The van der Waals surface area contributed by atoms with Crippen molar-refractivity contribution in [2.24, 2.45) is 0 Å². The van der Waals surface area contributed by atoms with Crippen molar-refractivity contribution in [2.45, 2.75) is 39.2 Å². The number of rotatable bonds is 6. The smallest absolute Gasteiger partial charge is 0.262 e. The molecule has 0 fully saturated rings. The number of nitrogens with one attached hydrogen (secondary N) is 1. The minimum atomic E-state index is -0.543. The highest BCUT2D eigenvalue weighted by atomic mass is 19.1. The first kappa shape index (κ1) is 20.7. The Hall–Kier alpha value is -3.55. The molecule has 160 valence electrons. The number of ketones is 1. The van der Waals surface area contributed by atoms with Gasteiger partial charge in [-0.2, -0.15) is 0 Å². The third-order valence-corrected chi connectivity index (χ3v) is 5.24. The second-order valence-electron chi connectivity index (χ2n) is 7.51. The highest BCUT2D eigenvalue weighted by Gasteiger charge is 2.18. The van der Waals surface area contributed by atoms with Crippen LogP contribution in [0.4, 0.5) is 10.1 Å². The van der Waals surface area contributed by atoms with Gasteiger partial charge < -0.3 is 14.6 Å². The summed E-state index contributed by atoms with van der Waals surface area (Å²) < 4.78 is 21.8. The minimum absolute atomic E-state index is 0.0517. The molecule has 0 aliphatic carbocycles. The molecule has 0 bridgehead atoms. The molecular weight excluding hydrogens is 399 g/mol. The summed E-state index contributed by atoms with van der Waals surface area (Å²) >= 11 is 0. The van der Waals surface area contributed by atoms with Crippen molar-refractivity contribution in [1.82, 2.24) is 14.8 Å². The molecular formula is C23H23FN4O3. The summed E-state index contributed by atoms with van der Waals surface area (Å²) in [5.74, 6) is 0.968. The highest BCUT2D eigenvalue weighted by Crippen LogP contribution is 2.26. The van der Waals surface area contributed by atoms with Gasteiger partial charge in [0.15, 0.2) is 18.2 Å². The molecule has 0 unspecified atom stereocenters. The van der Waals surface area contributed by atoms with E-state index in [1.165, 1.54) is 13.0 Å². The van der Waals surface area contributed by atoms with Gasteiger partial charge in [0, 0.05) is 24.1 Å². The fraction of sp³-hybridized carbons (Fsp3) is 0.304. The molecule has 1 N–H and O–H groups in total. The average Bonchev–Trinajstić information content (AvgIpc) is 3.02. The largest absolute Gasteiger partial charge is 0.484 e. The number of amides is 1. The number of hydrogen-bond donors (Lipinski definition) is 1. The zero-order valence-corrected chi connectivity index (χ0v) is 17.2. The number of aryl methyl sites for hydroxylation is 1. The molecule has 0 spiro atoms. The summed E-state index contributed by atoms with van der Waals surface area (Å²) in [4.78, 5) is 23.6. The molecule has 1 amide bonds. The van der Waals surface area contributed by atoms with E-state index in [9.17, 15) is 14.0 Å². The maximum atomic E-state index is 14.3. The van der Waals surface area contributed by atoms with Crippen LogP contribution >= 0.6 is 0 Å². The Kier molecular flexibility index (Phi) is 6.06. The van der Waals surface area contributed by atoms with Crippen LogP contribution in [0.5, 0.6) is 5.75 Å². The third-order valence-electron chi connectivity index (χ3n) is 5.24. The van der Waals surface area contributed by atoms with Gasteiger partial charge in [0.05, 0.1) is 5.69 Å². The predicted octanol–water partition coefficient (Wildman–Crippen LogP) is 4.03. The van der Waals surface area contributed by atoms with Crippen molar-refractivity contribution in [3.8, 4) is 17.1 Å². The van der Waals surface area contributed by atoms with Gasteiger partial charge in [-0.15, -0.1) is 10.2 Å². The van der Waals surface area contributed by atoms with Gasteiger partial charge in [-0.05, 0) is 62.2 Å². The van der Waals surface area contributed by atoms with E-state index in [0.717, 1.165) is 38.1 Å². The van der Waals surface area contributed by atoms with Crippen LogP contribution in [0.3, 0.4) is 0 Å². The second-order valence-corrected chi connectivity index (χ2v) is 7.51. The van der Waals surface area contributed by atoms with E-state index in [-0.39, 0.29) is 18.1 Å². The first-order valence-electron chi connectivity index (χ1n) is 10.3. The fourth-order valence-corrected chi connectivity index (χ4v) is 3.58. The molecule has 8 heteroatoms. The molecule has 1 aromatic heterocycles. The zero-order valence-electron chi connectivity index (χ0n) is 17.2. The van der Waals surface area contributed by atoms with E-state index in [4.69, 9.17) is 4.74 Å². The number of carbonyl (C=O) groups is 2. The van der Waals surface area contributed by atoms with Gasteiger partial charge in [0.25, 0.3) is 5.91 Å². The maximum absolute atomic E-state index is 14.3. The molecule has 0 radical (unpaired) electrons. The van der Waals surface area contributed by atoms with E-state index in [1.807, 2.05) is 0 Å². The molecule has 2 aromatic carbocycles. The van der Waals surface area contributed by atoms with Gasteiger partial charge in [0.1, 0.15) is 17.4 Å². The molecule has 1 aliphatic heterocycles. The Bertz CT molecular complexity index is 1110. The molecule has 0 saturated heterocycles. The lowest BCUT2D eigenvalue weighted by atomic mass is 10.1. The molecule has 0 saturated carbocycles. The lowest BCUT2D eigenvalue weighted by Crippen LogP contribution is -2.21. The van der Waals surface area contributed by atoms with Crippen LogP contribution in [0.15, 0.2) is 42.5 Å². The van der Waals surface area contributed by atoms with E-state index < -0.39 is 11.7 Å². The Morgan fingerprint density at radius 2 is 1.90 bits per heavy atom. The van der Waals surface area contributed by atoms with Gasteiger partial charge >= 0.3 is 0 Å². The molecule has 2 heterocycles. The van der Waals surface area contributed by atoms with Crippen LogP contribution in [0.1, 0.15) is 42.4 Å². The number of Topliss-reactive ketones (excluding diaryl/α,β-unsaturated/α-hetero) is 1. The van der Waals surface area contributed by atoms with Gasteiger partial charge in [0.2, 0.25) is 0 Å². The van der Waals surface area contributed by atoms with Crippen LogP contribution in [-0.4, -0.2) is 33.1 Å². The summed E-state index contributed by atoms with van der Waals surface area (Å²) in [6.07, 6.45) is 4.15. The number of aromatic nitrogens is 3. The van der Waals surface area contributed by atoms with Crippen molar-refractivity contribution in [2.75, 3.05) is 11.9 Å². The summed E-state index contributed by atoms with van der Waals surface area (Å²) in [7, 11) is 0. The van der Waals surface area contributed by atoms with Crippen LogP contribution in [0.25, 0.3) is 11.4 Å². The normalized spacial score (nSPS) is 13.2. The standard InChI is InChI=1S/C23H23FN4O3/c1-15(29)16-6-9-18(10-7-16)31-14-22(30)25-20-13-17(8-11-19(20)24)23-27-26-21-5-3-2-4-12-28(21)23/h6-11,13H,2-5,12,14H2,1H3,(H,25,30). The van der Waals surface area contributed by atoms with Crippen molar-refractivity contribution in [3.05, 3.63) is 59.7 Å². The maximum Gasteiger partial charge on any atom is 0.262 e. The number of benzene rings is 2. The Labute approximate surface area is 179 Å². The SMILES string of the molecule is CC(=O)c1ccc(OCC(=O)Nc2cc(-c3nnc4n3CCCCC4)ccc2F)cc1. The predicted molar refractivity (Wildman–Crippen MR) is 114 cm³/mol. The molecule has 4 rings (SSSR count). The van der Waals surface area contributed by atoms with Crippen molar-refractivity contribution in [3.63, 3.8) is 0 Å². The average molecular weight is 422 g/mol. The topological polar surface area (TPSA) is 86.1 Å². The highest BCUT2D eigenvalue weighted by molar-refractivity contribution is 5.94. The third kappa shape index (κ3) is 4.79. The number of nitrogens with zero attached hydrogens (tertiary/aromatic N) is 3. The molecule has 31 heavy (non-hydrogen) atoms. The minimum Gasteiger partial charge on any atom is -0.484 e. The first-order valence-corrected chi connectivity index (χ1v) is 10.3. The summed E-state index contributed by atoms with van der Waals surface area (Å²) in [5, 5.41) is 11.1. The van der Waals surface area contributed by atoms with E-state index in [2.05, 4.69) is 20.1 Å². The van der Waals surface area contributed by atoms with Crippen LogP contribution in [-0.2, 0) is 17.8 Å².